The molecular formula is C11H9F2N3OS. The molecule has 2 rings (SSSR count). The molecule has 0 amide bonds. The highest BCUT2D eigenvalue weighted by Crippen LogP contribution is 2.22. The number of Topliss-reactive ketones (excluding diaryl/α,β-unsaturated/α-hetero) is 1. The van der Waals surface area contributed by atoms with Crippen LogP contribution in [0.25, 0.3) is 0 Å². The van der Waals surface area contributed by atoms with E-state index in [1.807, 2.05) is 0 Å². The van der Waals surface area contributed by atoms with Crippen LogP contribution in [0.5, 0.6) is 0 Å². The molecule has 0 aliphatic carbocycles. The molecule has 2 aromatic rings. The number of halogens is 2. The molecule has 94 valence electrons. The number of nitrogens with zero attached hydrogens (tertiary/aromatic N) is 2. The molecule has 18 heavy (non-hydrogen) atoms. The molecule has 0 fully saturated rings. The maximum Gasteiger partial charge on any atom is 0.184 e. The normalized spacial score (nSPS) is 12.4. The van der Waals surface area contributed by atoms with Crippen molar-refractivity contribution in [2.45, 2.75) is 17.3 Å². The van der Waals surface area contributed by atoms with Crippen molar-refractivity contribution in [3.63, 3.8) is 0 Å². The van der Waals surface area contributed by atoms with Crippen LogP contribution in [-0.2, 0) is 0 Å². The summed E-state index contributed by atoms with van der Waals surface area (Å²) >= 11 is 1.17. The third-order valence-corrected chi connectivity index (χ3v) is 3.24. The molecule has 0 saturated carbocycles. The molecule has 0 radical (unpaired) electrons. The number of aromatic nitrogens is 3. The molecule has 1 heterocycles. The van der Waals surface area contributed by atoms with Gasteiger partial charge in [0, 0.05) is 5.56 Å². The predicted molar refractivity (Wildman–Crippen MR) is 62.4 cm³/mol. The summed E-state index contributed by atoms with van der Waals surface area (Å²) in [4.78, 5) is 15.8. The molecule has 1 N–H and O–H groups in total. The topological polar surface area (TPSA) is 58.6 Å². The Balaban J connectivity index is 2.12. The maximum atomic E-state index is 13.0. The van der Waals surface area contributed by atoms with Crippen LogP contribution >= 0.6 is 11.8 Å². The monoisotopic (exact) mass is 269 g/mol. The Hall–Kier alpha value is -1.76. The molecule has 0 saturated heterocycles. The molecule has 0 bridgehead atoms. The highest BCUT2D eigenvalue weighted by Gasteiger charge is 2.19. The number of aromatic amines is 1. The third kappa shape index (κ3) is 2.73. The van der Waals surface area contributed by atoms with Crippen molar-refractivity contribution in [2.75, 3.05) is 0 Å². The van der Waals surface area contributed by atoms with Gasteiger partial charge in [0.15, 0.2) is 22.6 Å². The van der Waals surface area contributed by atoms with Crippen molar-refractivity contribution in [1.82, 2.24) is 15.2 Å². The first-order valence-corrected chi connectivity index (χ1v) is 5.97. The number of nitrogens with one attached hydrogen (secondary N) is 1. The van der Waals surface area contributed by atoms with Gasteiger partial charge in [0.1, 0.15) is 6.33 Å². The molecule has 4 nitrogen and oxygen atoms in total. The van der Waals surface area contributed by atoms with Gasteiger partial charge in [-0.2, -0.15) is 5.10 Å². The SMILES string of the molecule is CC(Sc1ncn[nH]1)C(=O)c1ccc(F)c(F)c1. The quantitative estimate of drug-likeness (QED) is 0.684. The average Bonchev–Trinajstić information content (AvgIpc) is 2.84. The molecule has 1 aromatic carbocycles. The van der Waals surface area contributed by atoms with Crippen LogP contribution in [0.3, 0.4) is 0 Å². The lowest BCUT2D eigenvalue weighted by Crippen LogP contribution is -2.14. The number of carbonyl (C=O) groups excluding carboxylic acids is 1. The molecular weight excluding hydrogens is 260 g/mol. The first-order valence-electron chi connectivity index (χ1n) is 5.09. The summed E-state index contributed by atoms with van der Waals surface area (Å²) in [6.07, 6.45) is 1.33. The lowest BCUT2D eigenvalue weighted by atomic mass is 10.1. The van der Waals surface area contributed by atoms with Crippen LogP contribution < -0.4 is 0 Å². The van der Waals surface area contributed by atoms with Gasteiger partial charge in [0.25, 0.3) is 0 Å². The Bertz CT molecular complexity index is 559. The highest BCUT2D eigenvalue weighted by molar-refractivity contribution is 8.00. The number of hydrogen-bond donors (Lipinski definition) is 1. The molecule has 1 unspecified atom stereocenters. The van der Waals surface area contributed by atoms with Crippen molar-refractivity contribution in [3.05, 3.63) is 41.7 Å². The Morgan fingerprint density at radius 1 is 1.39 bits per heavy atom. The Labute approximate surface area is 106 Å². The van der Waals surface area contributed by atoms with E-state index in [1.165, 1.54) is 24.2 Å². The van der Waals surface area contributed by atoms with Crippen LogP contribution in [-0.4, -0.2) is 26.2 Å². The van der Waals surface area contributed by atoms with Gasteiger partial charge in [-0.1, -0.05) is 11.8 Å². The summed E-state index contributed by atoms with van der Waals surface area (Å²) in [7, 11) is 0. The van der Waals surface area contributed by atoms with Gasteiger partial charge in [0.05, 0.1) is 5.25 Å². The van der Waals surface area contributed by atoms with Crippen molar-refractivity contribution < 1.29 is 13.6 Å². The van der Waals surface area contributed by atoms with Gasteiger partial charge in [-0.25, -0.2) is 13.8 Å². The molecule has 1 aromatic heterocycles. The summed E-state index contributed by atoms with van der Waals surface area (Å²) in [5, 5.41) is 6.29. The van der Waals surface area contributed by atoms with Gasteiger partial charge in [-0.3, -0.25) is 9.89 Å². The standard InChI is InChI=1S/C11H9F2N3OS/c1-6(18-11-14-5-15-16-11)10(17)7-2-3-8(12)9(13)4-7/h2-6H,1H3,(H,14,15,16). The number of ketones is 1. The fourth-order valence-corrected chi connectivity index (χ4v) is 2.15. The maximum absolute atomic E-state index is 13.0. The van der Waals surface area contributed by atoms with E-state index in [1.54, 1.807) is 6.92 Å². The van der Waals surface area contributed by atoms with E-state index in [9.17, 15) is 13.6 Å². The van der Waals surface area contributed by atoms with E-state index in [2.05, 4.69) is 15.2 Å². The van der Waals surface area contributed by atoms with Crippen LogP contribution in [0.1, 0.15) is 17.3 Å². The minimum Gasteiger partial charge on any atom is -0.293 e. The number of thioether (sulfide) groups is 1. The summed E-state index contributed by atoms with van der Waals surface area (Å²) < 4.78 is 25.8. The molecule has 0 aliphatic heterocycles. The van der Waals surface area contributed by atoms with Gasteiger partial charge in [0.2, 0.25) is 0 Å². The Morgan fingerprint density at radius 2 is 2.17 bits per heavy atom. The van der Waals surface area contributed by atoms with Crippen LogP contribution in [0.4, 0.5) is 8.78 Å². The van der Waals surface area contributed by atoms with Crippen LogP contribution in [0.15, 0.2) is 29.7 Å². The molecule has 7 heteroatoms. The summed E-state index contributed by atoms with van der Waals surface area (Å²) in [5.41, 5.74) is 0.133. The third-order valence-electron chi connectivity index (χ3n) is 2.25. The Kier molecular flexibility index (Phi) is 3.71. The number of benzene rings is 1. The predicted octanol–water partition coefficient (Wildman–Crippen LogP) is 2.45. The highest BCUT2D eigenvalue weighted by atomic mass is 32.2. The molecule has 0 aliphatic rings. The van der Waals surface area contributed by atoms with Gasteiger partial charge >= 0.3 is 0 Å². The van der Waals surface area contributed by atoms with E-state index in [-0.39, 0.29) is 11.3 Å². The van der Waals surface area contributed by atoms with E-state index in [0.29, 0.717) is 5.16 Å². The second kappa shape index (κ2) is 5.26. The summed E-state index contributed by atoms with van der Waals surface area (Å²) in [6, 6.07) is 3.10. The zero-order valence-corrected chi connectivity index (χ0v) is 10.2. The second-order valence-corrected chi connectivity index (χ2v) is 4.87. The van der Waals surface area contributed by atoms with Gasteiger partial charge < -0.3 is 0 Å². The fourth-order valence-electron chi connectivity index (χ4n) is 1.36. The second-order valence-electron chi connectivity index (χ2n) is 3.54. The summed E-state index contributed by atoms with van der Waals surface area (Å²) in [5.74, 6) is -2.30. The lowest BCUT2D eigenvalue weighted by molar-refractivity contribution is 0.0993. The number of carbonyl (C=O) groups is 1. The van der Waals surface area contributed by atoms with E-state index in [4.69, 9.17) is 0 Å². The smallest absolute Gasteiger partial charge is 0.184 e. The zero-order valence-electron chi connectivity index (χ0n) is 9.35. The minimum absolute atomic E-state index is 0.133. The van der Waals surface area contributed by atoms with Crippen molar-refractivity contribution in [2.24, 2.45) is 0 Å². The van der Waals surface area contributed by atoms with E-state index in [0.717, 1.165) is 12.1 Å². The zero-order chi connectivity index (χ0) is 13.1. The fraction of sp³-hybridized carbons (Fsp3) is 0.182. The van der Waals surface area contributed by atoms with E-state index < -0.39 is 16.9 Å². The van der Waals surface area contributed by atoms with Crippen molar-refractivity contribution in [3.8, 4) is 0 Å². The van der Waals surface area contributed by atoms with Crippen LogP contribution in [0, 0.1) is 11.6 Å². The average molecular weight is 269 g/mol. The van der Waals surface area contributed by atoms with E-state index >= 15 is 0 Å². The van der Waals surface area contributed by atoms with Crippen LogP contribution in [0.2, 0.25) is 0 Å². The first-order chi connectivity index (χ1) is 8.58. The molecule has 1 atom stereocenters. The number of H-pyrrole nitrogens is 1. The largest absolute Gasteiger partial charge is 0.293 e. The van der Waals surface area contributed by atoms with Crippen molar-refractivity contribution >= 4 is 17.5 Å². The number of hydrogen-bond acceptors (Lipinski definition) is 4. The minimum atomic E-state index is -1.03. The van der Waals surface area contributed by atoms with Crippen molar-refractivity contribution in [1.29, 1.82) is 0 Å². The van der Waals surface area contributed by atoms with Gasteiger partial charge in [-0.05, 0) is 25.1 Å². The Morgan fingerprint density at radius 3 is 2.78 bits per heavy atom. The summed E-state index contributed by atoms with van der Waals surface area (Å²) in [6.45, 7) is 1.66. The lowest BCUT2D eigenvalue weighted by Gasteiger charge is -2.08. The van der Waals surface area contributed by atoms with Gasteiger partial charge in [-0.15, -0.1) is 0 Å². The number of rotatable bonds is 4. The first kappa shape index (κ1) is 12.7. The molecule has 0 spiro atoms.